The number of aromatic nitrogens is 2. The lowest BCUT2D eigenvalue weighted by Crippen LogP contribution is -2.47. The van der Waals surface area contributed by atoms with E-state index in [0.29, 0.717) is 17.0 Å². The number of nitrogens with zero attached hydrogens (tertiary/aromatic N) is 2. The molecule has 0 saturated heterocycles. The van der Waals surface area contributed by atoms with Gasteiger partial charge in [-0.3, -0.25) is 14.9 Å². The van der Waals surface area contributed by atoms with Crippen LogP contribution in [0.5, 0.6) is 0 Å². The highest BCUT2D eigenvalue weighted by atomic mass is 32.1. The van der Waals surface area contributed by atoms with E-state index >= 15 is 0 Å². The van der Waals surface area contributed by atoms with Gasteiger partial charge in [0, 0.05) is 11.1 Å². The normalized spacial score (nSPS) is 13.6. The van der Waals surface area contributed by atoms with E-state index in [4.69, 9.17) is 0 Å². The van der Waals surface area contributed by atoms with Crippen LogP contribution < -0.4 is 10.6 Å². The van der Waals surface area contributed by atoms with Gasteiger partial charge in [0.05, 0.1) is 11.1 Å². The minimum atomic E-state index is -5.14. The van der Waals surface area contributed by atoms with Crippen LogP contribution in [0.2, 0.25) is 0 Å². The Kier molecular flexibility index (Phi) is 8.20. The van der Waals surface area contributed by atoms with Gasteiger partial charge in [0.15, 0.2) is 0 Å². The summed E-state index contributed by atoms with van der Waals surface area (Å²) in [5.74, 6) is -3.10. The van der Waals surface area contributed by atoms with E-state index < -0.39 is 58.6 Å². The number of rotatable bonds is 7. The predicted molar refractivity (Wildman–Crippen MR) is 121 cm³/mol. The van der Waals surface area contributed by atoms with E-state index in [1.807, 2.05) is 0 Å². The number of halogens is 7. The summed E-state index contributed by atoms with van der Waals surface area (Å²) >= 11 is 0.942. The second kappa shape index (κ2) is 10.8. The zero-order chi connectivity index (χ0) is 27.5. The van der Waals surface area contributed by atoms with Crippen LogP contribution in [0, 0.1) is 11.7 Å². The van der Waals surface area contributed by atoms with Gasteiger partial charge >= 0.3 is 12.4 Å². The maximum atomic E-state index is 13.2. The van der Waals surface area contributed by atoms with Gasteiger partial charge in [-0.15, -0.1) is 10.2 Å². The van der Waals surface area contributed by atoms with Crippen molar-refractivity contribution in [1.29, 1.82) is 0 Å². The Morgan fingerprint density at radius 1 is 0.946 bits per heavy atom. The minimum Gasteiger partial charge on any atom is -0.340 e. The van der Waals surface area contributed by atoms with Crippen molar-refractivity contribution in [1.82, 2.24) is 15.5 Å². The van der Waals surface area contributed by atoms with Crippen LogP contribution >= 0.6 is 11.3 Å². The van der Waals surface area contributed by atoms with E-state index in [0.717, 1.165) is 11.3 Å². The molecule has 2 amide bonds. The molecule has 0 spiro atoms. The zero-order valence-electron chi connectivity index (χ0n) is 19.2. The fraction of sp³-hybridized carbons (Fsp3) is 0.304. The maximum Gasteiger partial charge on any atom is 0.416 e. The van der Waals surface area contributed by atoms with E-state index in [2.05, 4.69) is 20.8 Å². The van der Waals surface area contributed by atoms with Gasteiger partial charge in [0.2, 0.25) is 11.0 Å². The summed E-state index contributed by atoms with van der Waals surface area (Å²) in [6, 6.07) is 4.49. The summed E-state index contributed by atoms with van der Waals surface area (Å²) < 4.78 is 92.1. The van der Waals surface area contributed by atoms with Crippen LogP contribution in [0.4, 0.5) is 35.9 Å². The molecule has 0 aliphatic carbocycles. The van der Waals surface area contributed by atoms with Crippen molar-refractivity contribution in [2.24, 2.45) is 5.92 Å². The molecule has 2 aromatic carbocycles. The van der Waals surface area contributed by atoms with E-state index in [9.17, 15) is 40.3 Å². The van der Waals surface area contributed by atoms with Crippen molar-refractivity contribution in [3.63, 3.8) is 0 Å². The van der Waals surface area contributed by atoms with E-state index in [-0.39, 0.29) is 23.3 Å². The molecule has 1 aromatic heterocycles. The summed E-state index contributed by atoms with van der Waals surface area (Å²) in [4.78, 5) is 25.7. The summed E-state index contributed by atoms with van der Waals surface area (Å²) in [5, 5.41) is 12.8. The lowest BCUT2D eigenvalue weighted by atomic mass is 9.97. The number of alkyl halides is 6. The quantitative estimate of drug-likeness (QED) is 0.346. The Balaban J connectivity index is 1.84. The number of anilines is 1. The highest BCUT2D eigenvalue weighted by molar-refractivity contribution is 7.18. The van der Waals surface area contributed by atoms with Gasteiger partial charge < -0.3 is 5.32 Å². The van der Waals surface area contributed by atoms with Crippen LogP contribution in [0.1, 0.15) is 41.8 Å². The molecule has 0 bridgehead atoms. The molecule has 1 heterocycles. The highest BCUT2D eigenvalue weighted by Gasteiger charge is 2.38. The van der Waals surface area contributed by atoms with E-state index in [1.54, 1.807) is 13.8 Å². The van der Waals surface area contributed by atoms with Gasteiger partial charge in [0.1, 0.15) is 16.9 Å². The lowest BCUT2D eigenvalue weighted by Gasteiger charge is -2.23. The van der Waals surface area contributed by atoms with Crippen molar-refractivity contribution in [3.05, 3.63) is 65.0 Å². The number of hydrogen-bond acceptors (Lipinski definition) is 5. The van der Waals surface area contributed by atoms with E-state index in [1.165, 1.54) is 24.3 Å². The van der Waals surface area contributed by atoms with Crippen molar-refractivity contribution < 1.29 is 40.3 Å². The van der Waals surface area contributed by atoms with Gasteiger partial charge in [-0.2, -0.15) is 26.3 Å². The molecule has 198 valence electrons. The van der Waals surface area contributed by atoms with Crippen LogP contribution in [0.3, 0.4) is 0 Å². The number of nitrogens with one attached hydrogen (secondary N) is 2. The summed E-state index contributed by atoms with van der Waals surface area (Å²) in [6.07, 6.45) is -9.93. The molecule has 0 saturated carbocycles. The van der Waals surface area contributed by atoms with Crippen molar-refractivity contribution >= 4 is 28.3 Å². The first kappa shape index (κ1) is 28.0. The van der Waals surface area contributed by atoms with Crippen molar-refractivity contribution in [3.8, 4) is 10.6 Å². The first-order valence-electron chi connectivity index (χ1n) is 10.7. The standard InChI is InChI=1S/C23H19F7N4O2S/c1-3-11(2)17(19(36)32-21-34-33-20(37-21)12-4-6-16(24)7-5-12)31-18(35)13-8-14(22(25,26)27)10-15(9-13)23(28,29)30/h4-11,17H,3H2,1-2H3,(H,31,35)(H,32,34,36). The Hall–Kier alpha value is -3.55. The lowest BCUT2D eigenvalue weighted by molar-refractivity contribution is -0.143. The fourth-order valence-electron chi connectivity index (χ4n) is 3.18. The number of hydrogen-bond donors (Lipinski definition) is 2. The molecule has 0 aliphatic rings. The third kappa shape index (κ3) is 7.02. The summed E-state index contributed by atoms with van der Waals surface area (Å²) in [7, 11) is 0. The zero-order valence-corrected chi connectivity index (χ0v) is 20.0. The second-order valence-electron chi connectivity index (χ2n) is 8.04. The van der Waals surface area contributed by atoms with Crippen LogP contribution in [0.15, 0.2) is 42.5 Å². The molecule has 6 nitrogen and oxygen atoms in total. The smallest absolute Gasteiger partial charge is 0.340 e. The number of carbonyl (C=O) groups is 2. The SMILES string of the molecule is CCC(C)C(NC(=O)c1cc(C(F)(F)F)cc(C(F)(F)F)c1)C(=O)Nc1nnc(-c2ccc(F)cc2)s1. The number of amides is 2. The highest BCUT2D eigenvalue weighted by Crippen LogP contribution is 2.36. The van der Waals surface area contributed by atoms with Gasteiger partial charge in [-0.25, -0.2) is 4.39 Å². The average molecular weight is 548 g/mol. The Labute approximate surface area is 209 Å². The third-order valence-electron chi connectivity index (χ3n) is 5.38. The molecule has 37 heavy (non-hydrogen) atoms. The van der Waals surface area contributed by atoms with Crippen LogP contribution in [0.25, 0.3) is 10.6 Å². The molecule has 2 N–H and O–H groups in total. The topological polar surface area (TPSA) is 84.0 Å². The monoisotopic (exact) mass is 548 g/mol. The molecular weight excluding hydrogens is 529 g/mol. The second-order valence-corrected chi connectivity index (χ2v) is 9.02. The van der Waals surface area contributed by atoms with Gasteiger partial charge in [-0.05, 0) is 48.4 Å². The molecule has 0 fully saturated rings. The Morgan fingerprint density at radius 2 is 1.51 bits per heavy atom. The molecular formula is C23H19F7N4O2S. The third-order valence-corrected chi connectivity index (χ3v) is 6.27. The molecule has 3 rings (SSSR count). The largest absolute Gasteiger partial charge is 0.416 e. The molecule has 2 unspecified atom stereocenters. The first-order valence-corrected chi connectivity index (χ1v) is 11.5. The van der Waals surface area contributed by atoms with Gasteiger partial charge in [-0.1, -0.05) is 31.6 Å². The van der Waals surface area contributed by atoms with Crippen molar-refractivity contribution in [2.75, 3.05) is 5.32 Å². The summed E-state index contributed by atoms with van der Waals surface area (Å²) in [6.45, 7) is 3.25. The van der Waals surface area contributed by atoms with Crippen LogP contribution in [-0.4, -0.2) is 28.1 Å². The number of benzene rings is 2. The molecule has 0 aliphatic heterocycles. The number of carbonyl (C=O) groups excluding carboxylic acids is 2. The predicted octanol–water partition coefficient (Wildman–Crippen LogP) is 6.17. The van der Waals surface area contributed by atoms with Gasteiger partial charge in [0.25, 0.3) is 5.91 Å². The molecule has 2 atom stereocenters. The molecule has 3 aromatic rings. The average Bonchev–Trinajstić information content (AvgIpc) is 3.29. The molecule has 0 radical (unpaired) electrons. The first-order chi connectivity index (χ1) is 17.2. The maximum absolute atomic E-state index is 13.2. The Bertz CT molecular complexity index is 1240. The minimum absolute atomic E-state index is 0.0188. The van der Waals surface area contributed by atoms with Crippen molar-refractivity contribution in [2.45, 2.75) is 38.7 Å². The van der Waals surface area contributed by atoms with Crippen LogP contribution in [-0.2, 0) is 17.1 Å². The Morgan fingerprint density at radius 3 is 2.03 bits per heavy atom. The molecule has 14 heteroatoms. The fourth-order valence-corrected chi connectivity index (χ4v) is 3.93. The summed E-state index contributed by atoms with van der Waals surface area (Å²) in [5.41, 5.74) is -3.69.